The number of rotatable bonds is 3. The molecule has 0 saturated heterocycles. The summed E-state index contributed by atoms with van der Waals surface area (Å²) in [6.07, 6.45) is 5.87. The first kappa shape index (κ1) is 19.4. The maximum Gasteiger partial charge on any atom is 0.256 e. The SMILES string of the molecule is C=C1CCC2[C@](C)(CO)[C@H](O)CC[C@@]2(C)[C@@H]1C/C=C1/C(=O)Nc2ccccc21. The number of hydrogen-bond donors (Lipinski definition) is 3. The highest BCUT2D eigenvalue weighted by Crippen LogP contribution is 2.61. The van der Waals surface area contributed by atoms with Gasteiger partial charge >= 0.3 is 0 Å². The molecule has 3 N–H and O–H groups in total. The molecule has 28 heavy (non-hydrogen) atoms. The van der Waals surface area contributed by atoms with Crippen LogP contribution in [0.4, 0.5) is 5.69 Å². The topological polar surface area (TPSA) is 69.6 Å². The molecule has 5 atom stereocenters. The maximum atomic E-state index is 12.5. The largest absolute Gasteiger partial charge is 0.396 e. The van der Waals surface area contributed by atoms with E-state index >= 15 is 0 Å². The van der Waals surface area contributed by atoms with Gasteiger partial charge in [-0.25, -0.2) is 0 Å². The second-order valence-corrected chi connectivity index (χ2v) is 9.38. The molecule has 3 aliphatic rings. The summed E-state index contributed by atoms with van der Waals surface area (Å²) in [5, 5.41) is 23.7. The molecule has 0 spiro atoms. The smallest absolute Gasteiger partial charge is 0.256 e. The van der Waals surface area contributed by atoms with Crippen molar-refractivity contribution in [2.75, 3.05) is 11.9 Å². The Bertz CT molecular complexity index is 844. The van der Waals surface area contributed by atoms with Gasteiger partial charge in [-0.1, -0.05) is 50.3 Å². The molecule has 0 radical (unpaired) electrons. The van der Waals surface area contributed by atoms with Crippen LogP contribution in [0.15, 0.2) is 42.5 Å². The summed E-state index contributed by atoms with van der Waals surface area (Å²) in [6, 6.07) is 7.80. The first-order valence-corrected chi connectivity index (χ1v) is 10.4. The molecule has 1 unspecified atom stereocenters. The highest BCUT2D eigenvalue weighted by atomic mass is 16.3. The van der Waals surface area contributed by atoms with Crippen molar-refractivity contribution in [1.29, 1.82) is 0 Å². The Balaban J connectivity index is 1.66. The number of para-hydroxylation sites is 1. The number of allylic oxidation sites excluding steroid dienone is 2. The minimum atomic E-state index is -0.476. The van der Waals surface area contributed by atoms with Crippen LogP contribution in [0.25, 0.3) is 5.57 Å². The van der Waals surface area contributed by atoms with E-state index in [9.17, 15) is 15.0 Å². The first-order chi connectivity index (χ1) is 13.3. The number of hydrogen-bond acceptors (Lipinski definition) is 3. The van der Waals surface area contributed by atoms with Crippen LogP contribution in [0.5, 0.6) is 0 Å². The van der Waals surface area contributed by atoms with E-state index in [2.05, 4.69) is 24.9 Å². The zero-order valence-electron chi connectivity index (χ0n) is 16.9. The summed E-state index contributed by atoms with van der Waals surface area (Å²) in [5.41, 5.74) is 3.32. The standard InChI is InChI=1S/C24H31NO3/c1-15-8-11-20-23(2,13-12-21(27)24(20,3)14-26)18(15)10-9-17-16-6-4-5-7-19(16)25-22(17)28/h4-7,9,18,20-21,26-27H,1,8,10-14H2,2-3H3,(H,25,28)/b17-9+/t18-,20?,21-,23+,24+/m1/s1. The number of fused-ring (bicyclic) bond motifs is 2. The molecule has 1 heterocycles. The average molecular weight is 382 g/mol. The summed E-state index contributed by atoms with van der Waals surface area (Å²) >= 11 is 0. The van der Waals surface area contributed by atoms with Gasteiger partial charge in [-0.2, -0.15) is 0 Å². The van der Waals surface area contributed by atoms with E-state index in [1.165, 1.54) is 5.57 Å². The Labute approximate surface area is 167 Å². The van der Waals surface area contributed by atoms with Gasteiger partial charge in [0.15, 0.2) is 0 Å². The molecule has 2 fully saturated rings. The van der Waals surface area contributed by atoms with Crippen molar-refractivity contribution in [2.24, 2.45) is 22.7 Å². The second-order valence-electron chi connectivity index (χ2n) is 9.38. The molecule has 1 aromatic carbocycles. The zero-order chi connectivity index (χ0) is 20.1. The normalized spacial score (nSPS) is 38.9. The van der Waals surface area contributed by atoms with Crippen molar-refractivity contribution in [3.63, 3.8) is 0 Å². The van der Waals surface area contributed by atoms with Crippen LogP contribution in [0.2, 0.25) is 0 Å². The van der Waals surface area contributed by atoms with Crippen molar-refractivity contribution in [1.82, 2.24) is 0 Å². The molecule has 4 heteroatoms. The van der Waals surface area contributed by atoms with E-state index in [0.717, 1.165) is 42.5 Å². The van der Waals surface area contributed by atoms with Crippen molar-refractivity contribution >= 4 is 17.2 Å². The van der Waals surface area contributed by atoms with Crippen LogP contribution in [0, 0.1) is 22.7 Å². The lowest BCUT2D eigenvalue weighted by molar-refractivity contribution is -0.151. The summed E-state index contributed by atoms with van der Waals surface area (Å²) in [6.45, 7) is 8.71. The molecule has 4 nitrogen and oxygen atoms in total. The summed E-state index contributed by atoms with van der Waals surface area (Å²) in [7, 11) is 0. The zero-order valence-corrected chi connectivity index (χ0v) is 16.9. The van der Waals surface area contributed by atoms with Crippen LogP contribution in [-0.2, 0) is 4.79 Å². The molecule has 1 aromatic rings. The number of nitrogens with one attached hydrogen (secondary N) is 1. The van der Waals surface area contributed by atoms with Gasteiger partial charge in [0.25, 0.3) is 5.91 Å². The molecule has 150 valence electrons. The number of anilines is 1. The molecular formula is C24H31NO3. The van der Waals surface area contributed by atoms with Crippen molar-refractivity contribution in [3.05, 3.63) is 48.1 Å². The summed E-state index contributed by atoms with van der Waals surface area (Å²) in [4.78, 5) is 12.5. The monoisotopic (exact) mass is 381 g/mol. The third-order valence-corrected chi connectivity index (χ3v) is 7.96. The second kappa shape index (κ2) is 6.85. The third kappa shape index (κ3) is 2.77. The number of amides is 1. The first-order valence-electron chi connectivity index (χ1n) is 10.4. The van der Waals surface area contributed by atoms with Crippen LogP contribution in [0.3, 0.4) is 0 Å². The van der Waals surface area contributed by atoms with Crippen LogP contribution < -0.4 is 5.32 Å². The minimum Gasteiger partial charge on any atom is -0.396 e. The highest BCUT2D eigenvalue weighted by Gasteiger charge is 2.57. The Morgan fingerprint density at radius 3 is 2.79 bits per heavy atom. The number of carbonyl (C=O) groups excluding carboxylic acids is 1. The quantitative estimate of drug-likeness (QED) is 0.544. The fraction of sp³-hybridized carbons (Fsp3) is 0.542. The lowest BCUT2D eigenvalue weighted by Crippen LogP contribution is -2.57. The van der Waals surface area contributed by atoms with Crippen molar-refractivity contribution in [2.45, 2.75) is 52.1 Å². The molecule has 0 bridgehead atoms. The van der Waals surface area contributed by atoms with Gasteiger partial charge in [0.05, 0.1) is 12.7 Å². The molecule has 1 amide bonds. The number of benzene rings is 1. The van der Waals surface area contributed by atoms with Gasteiger partial charge in [-0.3, -0.25) is 4.79 Å². The highest BCUT2D eigenvalue weighted by molar-refractivity contribution is 6.31. The minimum absolute atomic E-state index is 0.00445. The van der Waals surface area contributed by atoms with Gasteiger partial charge in [0.1, 0.15) is 0 Å². The van der Waals surface area contributed by atoms with E-state index < -0.39 is 11.5 Å². The average Bonchev–Trinajstić information content (AvgIpc) is 3.00. The van der Waals surface area contributed by atoms with Gasteiger partial charge in [0, 0.05) is 22.2 Å². The predicted molar refractivity (Wildman–Crippen MR) is 112 cm³/mol. The molecule has 2 saturated carbocycles. The molecular weight excluding hydrogens is 350 g/mol. The third-order valence-electron chi connectivity index (χ3n) is 7.96. The predicted octanol–water partition coefficient (Wildman–Crippen LogP) is 4.15. The Hall–Kier alpha value is -1.91. The van der Waals surface area contributed by atoms with Crippen LogP contribution >= 0.6 is 0 Å². The van der Waals surface area contributed by atoms with E-state index in [1.54, 1.807) is 0 Å². The number of aliphatic hydroxyl groups excluding tert-OH is 2. The Kier molecular flexibility index (Phi) is 4.75. The van der Waals surface area contributed by atoms with Crippen molar-refractivity contribution < 1.29 is 15.0 Å². The van der Waals surface area contributed by atoms with Gasteiger partial charge in [-0.15, -0.1) is 0 Å². The van der Waals surface area contributed by atoms with Gasteiger partial charge in [0.2, 0.25) is 0 Å². The maximum absolute atomic E-state index is 12.5. The fourth-order valence-corrected chi connectivity index (χ4v) is 6.21. The molecule has 0 aromatic heterocycles. The fourth-order valence-electron chi connectivity index (χ4n) is 6.21. The lowest BCUT2D eigenvalue weighted by Gasteiger charge is -2.59. The van der Waals surface area contributed by atoms with Crippen LogP contribution in [0.1, 0.15) is 51.5 Å². The van der Waals surface area contributed by atoms with Crippen LogP contribution in [-0.4, -0.2) is 28.8 Å². The number of carbonyl (C=O) groups is 1. The van der Waals surface area contributed by atoms with Gasteiger partial charge < -0.3 is 15.5 Å². The summed E-state index contributed by atoms with van der Waals surface area (Å²) < 4.78 is 0. The van der Waals surface area contributed by atoms with E-state index in [0.29, 0.717) is 6.42 Å². The Morgan fingerprint density at radius 1 is 1.29 bits per heavy atom. The van der Waals surface area contributed by atoms with Gasteiger partial charge in [-0.05, 0) is 55.4 Å². The van der Waals surface area contributed by atoms with E-state index in [-0.39, 0.29) is 29.8 Å². The van der Waals surface area contributed by atoms with E-state index in [4.69, 9.17) is 0 Å². The molecule has 4 rings (SSSR count). The number of aliphatic hydroxyl groups is 2. The lowest BCUT2D eigenvalue weighted by atomic mass is 9.46. The van der Waals surface area contributed by atoms with Crippen molar-refractivity contribution in [3.8, 4) is 0 Å². The summed E-state index contributed by atoms with van der Waals surface area (Å²) in [5.74, 6) is 0.452. The Morgan fingerprint density at radius 2 is 2.04 bits per heavy atom. The molecule has 2 aliphatic carbocycles. The van der Waals surface area contributed by atoms with E-state index in [1.807, 2.05) is 31.2 Å². The molecule has 1 aliphatic heterocycles.